The van der Waals surface area contributed by atoms with Gasteiger partial charge in [0, 0.05) is 0 Å². The highest BCUT2D eigenvalue weighted by Gasteiger charge is 2.16. The molecule has 0 radical (unpaired) electrons. The fraction of sp³-hybridized carbons (Fsp3) is 0.957. The Balaban J connectivity index is 3.36. The maximum atomic E-state index is 11.3. The maximum absolute atomic E-state index is 11.3. The van der Waals surface area contributed by atoms with E-state index >= 15 is 0 Å². The van der Waals surface area contributed by atoms with Crippen LogP contribution in [0.3, 0.4) is 0 Å². The molecule has 0 aromatic rings. The summed E-state index contributed by atoms with van der Waals surface area (Å²) < 4.78 is 0. The molecular formula is C23H47NO2. The number of hydrogen-bond acceptors (Lipinski definition) is 2. The topological polar surface area (TPSA) is 40.5 Å². The van der Waals surface area contributed by atoms with Crippen LogP contribution in [0.1, 0.15) is 116 Å². The Morgan fingerprint density at radius 1 is 0.692 bits per heavy atom. The van der Waals surface area contributed by atoms with Gasteiger partial charge in [0.05, 0.1) is 5.92 Å². The summed E-state index contributed by atoms with van der Waals surface area (Å²) >= 11 is 0. The summed E-state index contributed by atoms with van der Waals surface area (Å²) in [7, 11) is 4.09. The van der Waals surface area contributed by atoms with Gasteiger partial charge in [-0.25, -0.2) is 0 Å². The van der Waals surface area contributed by atoms with Crippen LogP contribution in [0.2, 0.25) is 0 Å². The second-order valence-corrected chi connectivity index (χ2v) is 8.37. The number of nitrogens with zero attached hydrogens (tertiary/aromatic N) is 1. The molecule has 3 nitrogen and oxygen atoms in total. The highest BCUT2D eigenvalue weighted by molar-refractivity contribution is 5.69. The highest BCUT2D eigenvalue weighted by atomic mass is 16.4. The third-order valence-electron chi connectivity index (χ3n) is 5.41. The molecule has 0 aromatic heterocycles. The van der Waals surface area contributed by atoms with Gasteiger partial charge in [-0.1, -0.05) is 96.8 Å². The molecule has 1 atom stereocenters. The quantitative estimate of drug-likeness (QED) is 0.237. The number of carbonyl (C=O) groups is 1. The van der Waals surface area contributed by atoms with Crippen LogP contribution in [0.5, 0.6) is 0 Å². The van der Waals surface area contributed by atoms with E-state index in [1.807, 2.05) is 14.1 Å². The van der Waals surface area contributed by atoms with Crippen molar-refractivity contribution in [3.8, 4) is 0 Å². The molecule has 0 amide bonds. The number of carboxylic acids is 1. The zero-order chi connectivity index (χ0) is 19.5. The van der Waals surface area contributed by atoms with E-state index in [-0.39, 0.29) is 5.92 Å². The Morgan fingerprint density at radius 2 is 1.08 bits per heavy atom. The molecule has 0 aliphatic carbocycles. The molecule has 0 bridgehead atoms. The van der Waals surface area contributed by atoms with Gasteiger partial charge < -0.3 is 10.0 Å². The second kappa shape index (κ2) is 19.2. The van der Waals surface area contributed by atoms with E-state index in [9.17, 15) is 9.90 Å². The average Bonchev–Trinajstić information content (AvgIpc) is 2.60. The molecule has 0 aliphatic rings. The minimum absolute atomic E-state index is 0.132. The van der Waals surface area contributed by atoms with Crippen LogP contribution in [-0.2, 0) is 4.79 Å². The maximum Gasteiger partial charge on any atom is 0.306 e. The van der Waals surface area contributed by atoms with Crippen LogP contribution in [0, 0.1) is 5.92 Å². The number of aliphatic carboxylic acids is 1. The lowest BCUT2D eigenvalue weighted by Gasteiger charge is -2.14. The Labute approximate surface area is 163 Å². The third-order valence-corrected chi connectivity index (χ3v) is 5.41. The van der Waals surface area contributed by atoms with Gasteiger partial charge in [-0.2, -0.15) is 0 Å². The zero-order valence-corrected chi connectivity index (χ0v) is 18.1. The second-order valence-electron chi connectivity index (χ2n) is 8.37. The molecule has 0 aliphatic heterocycles. The van der Waals surface area contributed by atoms with Crippen molar-refractivity contribution in [3.63, 3.8) is 0 Å². The van der Waals surface area contributed by atoms with E-state index < -0.39 is 5.97 Å². The van der Waals surface area contributed by atoms with Gasteiger partial charge in [-0.15, -0.1) is 0 Å². The molecule has 0 saturated heterocycles. The smallest absolute Gasteiger partial charge is 0.306 e. The van der Waals surface area contributed by atoms with Crippen molar-refractivity contribution in [3.05, 3.63) is 0 Å². The van der Waals surface area contributed by atoms with Gasteiger partial charge in [-0.3, -0.25) is 4.79 Å². The summed E-state index contributed by atoms with van der Waals surface area (Å²) in [6.07, 6.45) is 21.6. The van der Waals surface area contributed by atoms with Gasteiger partial charge >= 0.3 is 5.97 Å². The fourth-order valence-electron chi connectivity index (χ4n) is 3.63. The van der Waals surface area contributed by atoms with Crippen molar-refractivity contribution < 1.29 is 9.90 Å². The molecule has 0 aromatic carbocycles. The van der Waals surface area contributed by atoms with Gasteiger partial charge in [0.2, 0.25) is 0 Å². The normalized spacial score (nSPS) is 12.6. The van der Waals surface area contributed by atoms with E-state index in [0.717, 1.165) is 32.2 Å². The Kier molecular flexibility index (Phi) is 18.8. The summed E-state index contributed by atoms with van der Waals surface area (Å²) in [5.41, 5.74) is 0. The van der Waals surface area contributed by atoms with E-state index in [1.54, 1.807) is 0 Å². The first-order chi connectivity index (χ1) is 12.6. The molecule has 0 heterocycles. The van der Waals surface area contributed by atoms with E-state index in [2.05, 4.69) is 11.8 Å². The van der Waals surface area contributed by atoms with Crippen molar-refractivity contribution in [1.29, 1.82) is 0 Å². The molecular weight excluding hydrogens is 322 g/mol. The van der Waals surface area contributed by atoms with Crippen LogP contribution in [0.4, 0.5) is 0 Å². The lowest BCUT2D eigenvalue weighted by Crippen LogP contribution is -2.18. The molecule has 0 rings (SSSR count). The average molecular weight is 370 g/mol. The minimum atomic E-state index is -0.599. The van der Waals surface area contributed by atoms with Crippen LogP contribution < -0.4 is 0 Å². The van der Waals surface area contributed by atoms with Gasteiger partial charge in [0.15, 0.2) is 0 Å². The summed E-state index contributed by atoms with van der Waals surface area (Å²) in [6.45, 7) is 3.26. The molecule has 0 spiro atoms. The predicted molar refractivity (Wildman–Crippen MR) is 114 cm³/mol. The van der Waals surface area contributed by atoms with E-state index in [0.29, 0.717) is 0 Å². The van der Waals surface area contributed by atoms with Crippen LogP contribution in [0.15, 0.2) is 0 Å². The summed E-state index contributed by atoms with van der Waals surface area (Å²) in [4.78, 5) is 13.5. The number of unbranched alkanes of at least 4 members (excludes halogenated alkanes) is 13. The molecule has 3 heteroatoms. The minimum Gasteiger partial charge on any atom is -0.481 e. The van der Waals surface area contributed by atoms with Crippen LogP contribution >= 0.6 is 0 Å². The van der Waals surface area contributed by atoms with Crippen molar-refractivity contribution >= 4 is 5.97 Å². The lowest BCUT2D eigenvalue weighted by atomic mass is 9.95. The molecule has 26 heavy (non-hydrogen) atoms. The fourth-order valence-corrected chi connectivity index (χ4v) is 3.63. The monoisotopic (exact) mass is 369 g/mol. The number of rotatable bonds is 20. The van der Waals surface area contributed by atoms with Crippen molar-refractivity contribution in [2.24, 2.45) is 5.92 Å². The standard InChI is InChI=1S/C23H47NO2/c1-4-5-6-7-8-9-10-11-12-13-14-15-16-17-19-22(23(25)26)20-18-21-24(2)3/h22H,4-21H2,1-3H3,(H,25,26). The predicted octanol–water partition coefficient (Wildman–Crippen LogP) is 6.90. The number of hydrogen-bond donors (Lipinski definition) is 1. The molecule has 0 fully saturated rings. The highest BCUT2D eigenvalue weighted by Crippen LogP contribution is 2.18. The largest absolute Gasteiger partial charge is 0.481 e. The van der Waals surface area contributed by atoms with Crippen LogP contribution in [0.25, 0.3) is 0 Å². The Bertz CT molecular complexity index is 305. The zero-order valence-electron chi connectivity index (χ0n) is 18.1. The SMILES string of the molecule is CCCCCCCCCCCCCCCCC(CCCN(C)C)C(=O)O. The molecule has 0 saturated carbocycles. The number of carboxylic acid groups (broad SMARTS) is 1. The lowest BCUT2D eigenvalue weighted by molar-refractivity contribution is -0.142. The van der Waals surface area contributed by atoms with Gasteiger partial charge in [-0.05, 0) is 39.9 Å². The van der Waals surface area contributed by atoms with Crippen molar-refractivity contribution in [1.82, 2.24) is 4.90 Å². The first-order valence-corrected chi connectivity index (χ1v) is 11.5. The first-order valence-electron chi connectivity index (χ1n) is 11.5. The summed E-state index contributed by atoms with van der Waals surface area (Å²) in [5, 5.41) is 9.33. The molecule has 1 unspecified atom stereocenters. The Hall–Kier alpha value is -0.570. The van der Waals surface area contributed by atoms with Crippen LogP contribution in [-0.4, -0.2) is 36.6 Å². The van der Waals surface area contributed by atoms with Crippen molar-refractivity contribution in [2.75, 3.05) is 20.6 Å². The molecule has 156 valence electrons. The van der Waals surface area contributed by atoms with Gasteiger partial charge in [0.25, 0.3) is 0 Å². The first kappa shape index (κ1) is 25.4. The van der Waals surface area contributed by atoms with E-state index in [4.69, 9.17) is 0 Å². The summed E-state index contributed by atoms with van der Waals surface area (Å²) in [5.74, 6) is -0.731. The Morgan fingerprint density at radius 3 is 1.46 bits per heavy atom. The van der Waals surface area contributed by atoms with Crippen molar-refractivity contribution in [2.45, 2.75) is 116 Å². The third kappa shape index (κ3) is 18.2. The summed E-state index contributed by atoms with van der Waals surface area (Å²) in [6, 6.07) is 0. The van der Waals surface area contributed by atoms with Gasteiger partial charge in [0.1, 0.15) is 0 Å². The molecule has 1 N–H and O–H groups in total. The van der Waals surface area contributed by atoms with E-state index in [1.165, 1.54) is 83.5 Å².